The van der Waals surface area contributed by atoms with Crippen molar-refractivity contribution in [2.75, 3.05) is 11.2 Å². The van der Waals surface area contributed by atoms with Crippen molar-refractivity contribution in [3.8, 4) is 0 Å². The third kappa shape index (κ3) is 6.79. The number of rotatable bonds is 8. The van der Waals surface area contributed by atoms with Gasteiger partial charge in [-0.05, 0) is 12.3 Å². The predicted molar refractivity (Wildman–Crippen MR) is 64.0 cm³/mol. The molecule has 0 spiro atoms. The van der Waals surface area contributed by atoms with Crippen molar-refractivity contribution in [1.82, 2.24) is 4.72 Å². The first-order valence-corrected chi connectivity index (χ1v) is 7.86. The summed E-state index contributed by atoms with van der Waals surface area (Å²) in [7, 11) is -3.08. The molecule has 0 bridgehead atoms. The summed E-state index contributed by atoms with van der Waals surface area (Å²) >= 11 is 2.95. The summed E-state index contributed by atoms with van der Waals surface area (Å²) in [4.78, 5) is 0. The van der Waals surface area contributed by atoms with Crippen LogP contribution >= 0.6 is 15.9 Å². The fraction of sp³-hybridized carbons (Fsp3) is 1.00. The van der Waals surface area contributed by atoms with Crippen LogP contribution in [-0.4, -0.2) is 19.6 Å². The Hall–Kier alpha value is 0.390. The van der Waals surface area contributed by atoms with Gasteiger partial charge in [-0.25, -0.2) is 13.1 Å². The molecule has 0 saturated heterocycles. The largest absolute Gasteiger partial charge is 0.221 e. The predicted octanol–water partition coefficient (Wildman–Crippen LogP) is 2.47. The molecule has 3 nitrogen and oxygen atoms in total. The molecule has 0 aromatic rings. The number of unbranched alkanes of at least 4 members (excludes halogenated alkanes) is 1. The molecule has 0 amide bonds. The molecule has 0 saturated carbocycles. The first-order chi connectivity index (χ1) is 6.55. The molecule has 0 fully saturated rings. The van der Waals surface area contributed by atoms with Crippen molar-refractivity contribution in [1.29, 1.82) is 0 Å². The van der Waals surface area contributed by atoms with Crippen LogP contribution in [0.1, 0.15) is 39.5 Å². The fourth-order valence-corrected chi connectivity index (χ4v) is 2.28. The lowest BCUT2D eigenvalue weighted by molar-refractivity contribution is 0.444. The maximum atomic E-state index is 11.1. The second kappa shape index (κ2) is 7.65. The van der Waals surface area contributed by atoms with E-state index in [0.717, 1.165) is 12.8 Å². The van der Waals surface area contributed by atoms with Crippen LogP contribution in [0.25, 0.3) is 0 Å². The van der Waals surface area contributed by atoms with E-state index in [1.807, 2.05) is 0 Å². The summed E-state index contributed by atoms with van der Waals surface area (Å²) in [6.07, 6.45) is 4.48. The summed E-state index contributed by atoms with van der Waals surface area (Å²) in [6.45, 7) is 4.82. The van der Waals surface area contributed by atoms with Gasteiger partial charge in [0, 0.05) is 6.54 Å². The van der Waals surface area contributed by atoms with Crippen molar-refractivity contribution in [3.05, 3.63) is 0 Å². The van der Waals surface area contributed by atoms with Crippen LogP contribution in [0, 0.1) is 5.92 Å². The first-order valence-electron chi connectivity index (χ1n) is 5.09. The quantitative estimate of drug-likeness (QED) is 0.697. The Balaban J connectivity index is 3.83. The van der Waals surface area contributed by atoms with Crippen molar-refractivity contribution in [3.63, 3.8) is 0 Å². The lowest BCUT2D eigenvalue weighted by Gasteiger charge is -2.14. The van der Waals surface area contributed by atoms with E-state index in [9.17, 15) is 8.42 Å². The Morgan fingerprint density at radius 2 is 2.00 bits per heavy atom. The van der Waals surface area contributed by atoms with Gasteiger partial charge in [-0.1, -0.05) is 49.0 Å². The van der Waals surface area contributed by atoms with Gasteiger partial charge in [-0.15, -0.1) is 0 Å². The van der Waals surface area contributed by atoms with E-state index in [2.05, 4.69) is 34.5 Å². The molecule has 5 heteroatoms. The zero-order valence-electron chi connectivity index (χ0n) is 8.92. The minimum atomic E-state index is -3.08. The van der Waals surface area contributed by atoms with E-state index in [4.69, 9.17) is 0 Å². The standard InChI is InChI=1S/C9H20BrNO2S/c1-3-5-6-9(4-2)7-11-14(12,13)8-10/h9,11H,3-8H2,1-2H3. The van der Waals surface area contributed by atoms with Gasteiger partial charge in [0.2, 0.25) is 10.0 Å². The average Bonchev–Trinajstić information content (AvgIpc) is 2.18. The molecular weight excluding hydrogens is 266 g/mol. The van der Waals surface area contributed by atoms with Crippen molar-refractivity contribution >= 4 is 26.0 Å². The van der Waals surface area contributed by atoms with Gasteiger partial charge in [0.05, 0.1) is 0 Å². The molecular formula is C9H20BrNO2S. The molecule has 0 aliphatic heterocycles. The van der Waals surface area contributed by atoms with E-state index >= 15 is 0 Å². The van der Waals surface area contributed by atoms with Gasteiger partial charge in [-0.2, -0.15) is 0 Å². The minimum Gasteiger partial charge on any atom is -0.214 e. The lowest BCUT2D eigenvalue weighted by Crippen LogP contribution is -2.29. The second-order valence-corrected chi connectivity index (χ2v) is 6.60. The van der Waals surface area contributed by atoms with Crippen LogP contribution in [0.2, 0.25) is 0 Å². The highest BCUT2D eigenvalue weighted by molar-refractivity contribution is 9.10. The number of hydrogen-bond acceptors (Lipinski definition) is 2. The highest BCUT2D eigenvalue weighted by Gasteiger charge is 2.11. The van der Waals surface area contributed by atoms with E-state index in [0.29, 0.717) is 12.5 Å². The molecule has 1 unspecified atom stereocenters. The Bertz CT molecular complexity index is 229. The summed E-state index contributed by atoms with van der Waals surface area (Å²) < 4.78 is 24.9. The van der Waals surface area contributed by atoms with Gasteiger partial charge in [-0.3, -0.25) is 0 Å². The Morgan fingerprint density at radius 1 is 1.36 bits per heavy atom. The van der Waals surface area contributed by atoms with Crippen molar-refractivity contribution in [2.24, 2.45) is 5.92 Å². The monoisotopic (exact) mass is 285 g/mol. The van der Waals surface area contributed by atoms with Crippen LogP contribution < -0.4 is 4.72 Å². The van der Waals surface area contributed by atoms with Crippen LogP contribution in [0.3, 0.4) is 0 Å². The highest BCUT2D eigenvalue weighted by Crippen LogP contribution is 2.11. The molecule has 0 aliphatic carbocycles. The van der Waals surface area contributed by atoms with Crippen LogP contribution in [0.15, 0.2) is 0 Å². The van der Waals surface area contributed by atoms with E-state index < -0.39 is 10.0 Å². The highest BCUT2D eigenvalue weighted by atomic mass is 79.9. The number of halogens is 1. The maximum Gasteiger partial charge on any atom is 0.221 e. The molecule has 0 aromatic heterocycles. The Morgan fingerprint density at radius 3 is 2.43 bits per heavy atom. The summed E-state index contributed by atoms with van der Waals surface area (Å²) in [5, 5.41) is 0. The Kier molecular flexibility index (Phi) is 7.86. The van der Waals surface area contributed by atoms with Crippen molar-refractivity contribution < 1.29 is 8.42 Å². The number of alkyl halides is 1. The summed E-state index contributed by atoms with van der Waals surface area (Å²) in [5.74, 6) is 0.476. The molecule has 1 atom stereocenters. The first kappa shape index (κ1) is 14.4. The molecule has 0 radical (unpaired) electrons. The molecule has 14 heavy (non-hydrogen) atoms. The zero-order valence-corrected chi connectivity index (χ0v) is 11.3. The number of hydrogen-bond donors (Lipinski definition) is 1. The smallest absolute Gasteiger partial charge is 0.214 e. The number of nitrogens with one attached hydrogen (secondary N) is 1. The van der Waals surface area contributed by atoms with E-state index in [-0.39, 0.29) is 4.66 Å². The average molecular weight is 286 g/mol. The normalized spacial score (nSPS) is 14.2. The van der Waals surface area contributed by atoms with Crippen LogP contribution in [-0.2, 0) is 10.0 Å². The van der Waals surface area contributed by atoms with Gasteiger partial charge < -0.3 is 0 Å². The molecule has 0 aliphatic rings. The topological polar surface area (TPSA) is 46.2 Å². The summed E-state index contributed by atoms with van der Waals surface area (Å²) in [5.41, 5.74) is 0. The fourth-order valence-electron chi connectivity index (χ4n) is 1.23. The summed E-state index contributed by atoms with van der Waals surface area (Å²) in [6, 6.07) is 0. The van der Waals surface area contributed by atoms with Gasteiger partial charge >= 0.3 is 0 Å². The van der Waals surface area contributed by atoms with Crippen LogP contribution in [0.5, 0.6) is 0 Å². The van der Waals surface area contributed by atoms with Gasteiger partial charge in [0.1, 0.15) is 4.66 Å². The van der Waals surface area contributed by atoms with Gasteiger partial charge in [0.25, 0.3) is 0 Å². The third-order valence-electron chi connectivity index (χ3n) is 2.28. The molecule has 0 heterocycles. The SMILES string of the molecule is CCCCC(CC)CNS(=O)(=O)CBr. The van der Waals surface area contributed by atoms with E-state index in [1.165, 1.54) is 12.8 Å². The molecule has 86 valence electrons. The Labute approximate surface area is 95.8 Å². The van der Waals surface area contributed by atoms with Gasteiger partial charge in [0.15, 0.2) is 0 Å². The van der Waals surface area contributed by atoms with Crippen LogP contribution in [0.4, 0.5) is 0 Å². The molecule has 0 aromatic carbocycles. The van der Waals surface area contributed by atoms with Crippen molar-refractivity contribution in [2.45, 2.75) is 39.5 Å². The number of sulfonamides is 1. The molecule has 1 N–H and O–H groups in total. The maximum absolute atomic E-state index is 11.1. The lowest BCUT2D eigenvalue weighted by atomic mass is 10.00. The third-order valence-corrected chi connectivity index (χ3v) is 4.98. The zero-order chi connectivity index (χ0) is 11.0. The van der Waals surface area contributed by atoms with E-state index in [1.54, 1.807) is 0 Å². The minimum absolute atomic E-state index is 0.00971. The second-order valence-electron chi connectivity index (χ2n) is 3.49. The molecule has 0 rings (SSSR count).